The molecule has 15 heavy (non-hydrogen) atoms. The molecule has 0 bridgehead atoms. The molecule has 0 fully saturated rings. The summed E-state index contributed by atoms with van der Waals surface area (Å²) in [4.78, 5) is 0. The number of nitrogens with one attached hydrogen (secondary N) is 1. The smallest absolute Gasteiger partial charge is 0.126 e. The first kappa shape index (κ1) is 11.7. The van der Waals surface area contributed by atoms with Crippen LogP contribution in [0.5, 0.6) is 0 Å². The monoisotopic (exact) mass is 205 g/mol. The fraction of sp³-hybridized carbons (Fsp3) is 0.385. The van der Waals surface area contributed by atoms with Gasteiger partial charge >= 0.3 is 0 Å². The lowest BCUT2D eigenvalue weighted by atomic mass is 10.0. The van der Waals surface area contributed by atoms with E-state index in [0.717, 1.165) is 12.0 Å². The van der Waals surface area contributed by atoms with Crippen molar-refractivity contribution in [2.45, 2.75) is 25.8 Å². The van der Waals surface area contributed by atoms with Crippen molar-refractivity contribution in [3.8, 4) is 12.3 Å². The predicted octanol–water partition coefficient (Wildman–Crippen LogP) is 2.81. The summed E-state index contributed by atoms with van der Waals surface area (Å²) in [7, 11) is 1.86. The molecule has 0 saturated heterocycles. The van der Waals surface area contributed by atoms with E-state index in [4.69, 9.17) is 6.42 Å². The summed E-state index contributed by atoms with van der Waals surface area (Å²) in [6, 6.07) is 5.45. The number of hydrogen-bond donors (Lipinski definition) is 1. The highest BCUT2D eigenvalue weighted by molar-refractivity contribution is 5.25. The van der Waals surface area contributed by atoms with Crippen molar-refractivity contribution < 1.29 is 4.39 Å². The zero-order valence-corrected chi connectivity index (χ0v) is 9.18. The summed E-state index contributed by atoms with van der Waals surface area (Å²) >= 11 is 0. The zero-order valence-electron chi connectivity index (χ0n) is 9.18. The van der Waals surface area contributed by atoms with E-state index in [1.165, 1.54) is 0 Å². The standard InChI is InChI=1S/C13H16FN/c1-4-5-6-13(15-3)11-8-7-10(2)12(14)9-11/h1,7-9,13,15H,5-6H2,2-3H3. The summed E-state index contributed by atoms with van der Waals surface area (Å²) in [6.07, 6.45) is 6.74. The van der Waals surface area contributed by atoms with Gasteiger partial charge in [-0.05, 0) is 37.6 Å². The van der Waals surface area contributed by atoms with Crippen LogP contribution in [0.3, 0.4) is 0 Å². The third kappa shape index (κ3) is 3.07. The first-order valence-electron chi connectivity index (χ1n) is 5.05. The maximum absolute atomic E-state index is 13.3. The Morgan fingerprint density at radius 1 is 1.53 bits per heavy atom. The molecule has 1 N–H and O–H groups in total. The Balaban J connectivity index is 2.83. The van der Waals surface area contributed by atoms with Gasteiger partial charge in [0.25, 0.3) is 0 Å². The fourth-order valence-electron chi connectivity index (χ4n) is 1.53. The molecule has 0 heterocycles. The molecule has 0 saturated carbocycles. The summed E-state index contributed by atoms with van der Waals surface area (Å²) in [5.41, 5.74) is 1.63. The third-order valence-electron chi connectivity index (χ3n) is 2.52. The van der Waals surface area contributed by atoms with Crippen molar-refractivity contribution in [3.05, 3.63) is 35.1 Å². The number of hydrogen-bond acceptors (Lipinski definition) is 1. The van der Waals surface area contributed by atoms with Crippen LogP contribution in [0.4, 0.5) is 4.39 Å². The minimum absolute atomic E-state index is 0.135. The zero-order chi connectivity index (χ0) is 11.3. The maximum Gasteiger partial charge on any atom is 0.126 e. The Bertz CT molecular complexity index is 365. The number of benzene rings is 1. The van der Waals surface area contributed by atoms with Crippen LogP contribution in [-0.4, -0.2) is 7.05 Å². The molecule has 1 nitrogen and oxygen atoms in total. The van der Waals surface area contributed by atoms with Crippen LogP contribution in [0.1, 0.15) is 30.0 Å². The number of halogens is 1. The lowest BCUT2D eigenvalue weighted by molar-refractivity contribution is 0.549. The molecular formula is C13H16FN. The van der Waals surface area contributed by atoms with Gasteiger partial charge in [0, 0.05) is 12.5 Å². The highest BCUT2D eigenvalue weighted by Gasteiger charge is 2.09. The Morgan fingerprint density at radius 3 is 2.80 bits per heavy atom. The summed E-state index contributed by atoms with van der Waals surface area (Å²) in [5, 5.41) is 3.14. The lowest BCUT2D eigenvalue weighted by Gasteiger charge is -2.15. The van der Waals surface area contributed by atoms with Crippen molar-refractivity contribution in [1.82, 2.24) is 5.32 Å². The van der Waals surface area contributed by atoms with E-state index in [-0.39, 0.29) is 11.9 Å². The van der Waals surface area contributed by atoms with Crippen LogP contribution in [0.15, 0.2) is 18.2 Å². The molecule has 80 valence electrons. The molecule has 0 aliphatic carbocycles. The summed E-state index contributed by atoms with van der Waals surface area (Å²) < 4.78 is 13.3. The molecule has 0 aromatic heterocycles. The molecule has 1 atom stereocenters. The highest BCUT2D eigenvalue weighted by Crippen LogP contribution is 2.20. The van der Waals surface area contributed by atoms with Crippen LogP contribution in [0, 0.1) is 25.1 Å². The van der Waals surface area contributed by atoms with Gasteiger partial charge in [-0.1, -0.05) is 12.1 Å². The van der Waals surface area contributed by atoms with E-state index in [1.54, 1.807) is 19.1 Å². The van der Waals surface area contributed by atoms with Gasteiger partial charge in [0.1, 0.15) is 5.82 Å². The van der Waals surface area contributed by atoms with Gasteiger partial charge in [-0.25, -0.2) is 4.39 Å². The van der Waals surface area contributed by atoms with E-state index in [9.17, 15) is 4.39 Å². The largest absolute Gasteiger partial charge is 0.313 e. The van der Waals surface area contributed by atoms with Crippen molar-refractivity contribution >= 4 is 0 Å². The Morgan fingerprint density at radius 2 is 2.27 bits per heavy atom. The normalized spacial score (nSPS) is 12.1. The Kier molecular flexibility index (Phi) is 4.33. The third-order valence-corrected chi connectivity index (χ3v) is 2.52. The van der Waals surface area contributed by atoms with Crippen molar-refractivity contribution in [2.24, 2.45) is 0 Å². The van der Waals surface area contributed by atoms with E-state index in [1.807, 2.05) is 13.1 Å². The van der Waals surface area contributed by atoms with Crippen LogP contribution in [0.2, 0.25) is 0 Å². The van der Waals surface area contributed by atoms with Gasteiger partial charge < -0.3 is 5.32 Å². The van der Waals surface area contributed by atoms with E-state index < -0.39 is 0 Å². The van der Waals surface area contributed by atoms with E-state index in [0.29, 0.717) is 12.0 Å². The van der Waals surface area contributed by atoms with Gasteiger partial charge in [-0.15, -0.1) is 12.3 Å². The van der Waals surface area contributed by atoms with E-state index >= 15 is 0 Å². The second-order valence-corrected chi connectivity index (χ2v) is 3.59. The number of rotatable bonds is 4. The molecule has 1 aromatic rings. The molecule has 2 heteroatoms. The molecule has 0 amide bonds. The summed E-state index contributed by atoms with van der Waals surface area (Å²) in [6.45, 7) is 1.76. The molecule has 1 aromatic carbocycles. The second kappa shape index (κ2) is 5.53. The van der Waals surface area contributed by atoms with Gasteiger partial charge in [0.15, 0.2) is 0 Å². The number of terminal acetylenes is 1. The van der Waals surface area contributed by atoms with Crippen molar-refractivity contribution in [2.75, 3.05) is 7.05 Å². The van der Waals surface area contributed by atoms with E-state index in [2.05, 4.69) is 11.2 Å². The van der Waals surface area contributed by atoms with Gasteiger partial charge in [-0.3, -0.25) is 0 Å². The summed E-state index contributed by atoms with van der Waals surface area (Å²) in [5.74, 6) is 2.44. The molecule has 1 unspecified atom stereocenters. The van der Waals surface area contributed by atoms with Crippen molar-refractivity contribution in [3.63, 3.8) is 0 Å². The average Bonchev–Trinajstić information content (AvgIpc) is 2.24. The van der Waals surface area contributed by atoms with Gasteiger partial charge in [0.2, 0.25) is 0 Å². The Hall–Kier alpha value is -1.33. The van der Waals surface area contributed by atoms with Crippen LogP contribution in [0.25, 0.3) is 0 Å². The highest BCUT2D eigenvalue weighted by atomic mass is 19.1. The number of aryl methyl sites for hydroxylation is 1. The topological polar surface area (TPSA) is 12.0 Å². The van der Waals surface area contributed by atoms with Gasteiger partial charge in [-0.2, -0.15) is 0 Å². The molecule has 0 radical (unpaired) electrons. The quantitative estimate of drug-likeness (QED) is 0.745. The average molecular weight is 205 g/mol. The molecular weight excluding hydrogens is 189 g/mol. The maximum atomic E-state index is 13.3. The first-order chi connectivity index (χ1) is 7.19. The van der Waals surface area contributed by atoms with Crippen LogP contribution in [-0.2, 0) is 0 Å². The minimum atomic E-state index is -0.159. The first-order valence-corrected chi connectivity index (χ1v) is 5.05. The SMILES string of the molecule is C#CCCC(NC)c1ccc(C)c(F)c1. The van der Waals surface area contributed by atoms with Gasteiger partial charge in [0.05, 0.1) is 0 Å². The lowest BCUT2D eigenvalue weighted by Crippen LogP contribution is -2.16. The molecule has 0 aliphatic rings. The molecule has 0 spiro atoms. The second-order valence-electron chi connectivity index (χ2n) is 3.59. The fourth-order valence-corrected chi connectivity index (χ4v) is 1.53. The molecule has 0 aliphatic heterocycles. The van der Waals surface area contributed by atoms with Crippen molar-refractivity contribution in [1.29, 1.82) is 0 Å². The molecule has 1 rings (SSSR count). The van der Waals surface area contributed by atoms with Crippen LogP contribution < -0.4 is 5.32 Å². The Labute approximate surface area is 90.7 Å². The minimum Gasteiger partial charge on any atom is -0.313 e. The predicted molar refractivity (Wildman–Crippen MR) is 61.0 cm³/mol. The van der Waals surface area contributed by atoms with Crippen LogP contribution >= 0.6 is 0 Å².